The van der Waals surface area contributed by atoms with Crippen LogP contribution in [0.1, 0.15) is 5.56 Å². The second-order valence-electron chi connectivity index (χ2n) is 17.7. The highest BCUT2D eigenvalue weighted by Gasteiger charge is 2.35. The van der Waals surface area contributed by atoms with Gasteiger partial charge in [-0.3, -0.25) is 0 Å². The Labute approximate surface area is 393 Å². The van der Waals surface area contributed by atoms with Gasteiger partial charge in [-0.05, 0) is 60.7 Å². The summed E-state index contributed by atoms with van der Waals surface area (Å²) in [6.07, 6.45) is 0. The van der Waals surface area contributed by atoms with Gasteiger partial charge in [-0.15, -0.1) is 0 Å². The van der Waals surface area contributed by atoms with Gasteiger partial charge in [-0.25, -0.2) is 4.85 Å². The number of nitrogens with zero attached hydrogens (tertiary/aromatic N) is 6. The molecule has 0 saturated heterocycles. The average molecular weight is 879 g/mol. The van der Waals surface area contributed by atoms with E-state index in [1.165, 1.54) is 0 Å². The molecular formula is C62H34N6O. The molecule has 10 aromatic carbocycles. The van der Waals surface area contributed by atoms with Crippen molar-refractivity contribution >= 4 is 115 Å². The summed E-state index contributed by atoms with van der Waals surface area (Å²) in [4.78, 5) is 4.74. The Morgan fingerprint density at radius 3 is 1.14 bits per heavy atom. The van der Waals surface area contributed by atoms with Gasteiger partial charge in [0.05, 0.1) is 84.4 Å². The van der Waals surface area contributed by atoms with Crippen molar-refractivity contribution in [2.75, 3.05) is 0 Å². The van der Waals surface area contributed by atoms with Crippen molar-refractivity contribution in [3.8, 4) is 28.8 Å². The lowest BCUT2D eigenvalue weighted by molar-refractivity contribution is 0.669. The molecule has 15 rings (SSSR count). The maximum absolute atomic E-state index is 12.4. The van der Waals surface area contributed by atoms with Gasteiger partial charge >= 0.3 is 0 Å². The largest absolute Gasteiger partial charge is 0.456 e. The summed E-state index contributed by atoms with van der Waals surface area (Å²) in [5.74, 6) is 0. The number of para-hydroxylation sites is 8. The fourth-order valence-corrected chi connectivity index (χ4v) is 11.7. The second kappa shape index (κ2) is 13.9. The van der Waals surface area contributed by atoms with Crippen molar-refractivity contribution in [1.82, 2.24) is 18.3 Å². The Kier molecular flexibility index (Phi) is 7.51. The Morgan fingerprint density at radius 2 is 0.710 bits per heavy atom. The van der Waals surface area contributed by atoms with Crippen molar-refractivity contribution in [1.29, 1.82) is 5.26 Å². The monoisotopic (exact) mass is 878 g/mol. The number of fused-ring (bicyclic) bond motifs is 16. The zero-order chi connectivity index (χ0) is 45.5. The van der Waals surface area contributed by atoms with Crippen molar-refractivity contribution in [2.45, 2.75) is 0 Å². The summed E-state index contributed by atoms with van der Waals surface area (Å²) in [5.41, 5.74) is 12.2. The topological polar surface area (TPSA) is 61.0 Å². The third-order valence-electron chi connectivity index (χ3n) is 14.4. The van der Waals surface area contributed by atoms with Crippen LogP contribution in [-0.2, 0) is 0 Å². The van der Waals surface area contributed by atoms with E-state index >= 15 is 0 Å². The minimum absolute atomic E-state index is 0.340. The molecule has 0 N–H and O–H groups in total. The standard InChI is InChI=1S/C62H34N6O/c1-64-57-59(68-53-32-16-8-24-43(53)44-34-35-55-56(58(44)68)45-25-9-17-33-54(45)69-55)46(36-63)60(65-47-26-10-2-18-37(47)38-19-3-11-27-48(38)65)62(67-51-30-14-6-22-41(51)42-23-7-15-31-52(42)67)61(57)66-49-28-12-4-20-39(49)40-21-5-13-29-50(40)66/h2-35H. The lowest BCUT2D eigenvalue weighted by atomic mass is 10.0. The smallest absolute Gasteiger partial charge is 0.237 e. The molecule has 318 valence electrons. The van der Waals surface area contributed by atoms with Gasteiger partial charge in [0, 0.05) is 48.5 Å². The maximum atomic E-state index is 12.4. The normalized spacial score (nSPS) is 12.0. The molecule has 0 atom stereocenters. The van der Waals surface area contributed by atoms with E-state index in [1.54, 1.807) is 0 Å². The second-order valence-corrected chi connectivity index (χ2v) is 17.7. The first kappa shape index (κ1) is 37.4. The van der Waals surface area contributed by atoms with E-state index in [0.29, 0.717) is 28.3 Å². The zero-order valence-electron chi connectivity index (χ0n) is 36.7. The summed E-state index contributed by atoms with van der Waals surface area (Å²) >= 11 is 0. The zero-order valence-corrected chi connectivity index (χ0v) is 36.7. The van der Waals surface area contributed by atoms with Crippen LogP contribution < -0.4 is 0 Å². The van der Waals surface area contributed by atoms with E-state index < -0.39 is 0 Å². The first-order valence-electron chi connectivity index (χ1n) is 23.0. The van der Waals surface area contributed by atoms with Gasteiger partial charge in [0.2, 0.25) is 5.69 Å². The highest BCUT2D eigenvalue weighted by atomic mass is 16.3. The fraction of sp³-hybridized carbons (Fsp3) is 0. The summed E-state index contributed by atoms with van der Waals surface area (Å²) in [7, 11) is 0. The molecule has 0 fully saturated rings. The summed E-state index contributed by atoms with van der Waals surface area (Å²) in [6, 6.07) is 74.3. The number of aromatic nitrogens is 4. The third kappa shape index (κ3) is 4.82. The van der Waals surface area contributed by atoms with Gasteiger partial charge in [0.15, 0.2) is 0 Å². The fourth-order valence-electron chi connectivity index (χ4n) is 11.7. The number of rotatable bonds is 4. The molecular weight excluding hydrogens is 845 g/mol. The molecule has 0 bridgehead atoms. The number of benzene rings is 10. The van der Waals surface area contributed by atoms with Gasteiger partial charge in [0.1, 0.15) is 17.2 Å². The molecule has 0 unspecified atom stereocenters. The molecule has 7 heteroatoms. The number of hydrogen-bond acceptors (Lipinski definition) is 2. The van der Waals surface area contributed by atoms with E-state index in [1.807, 2.05) is 30.3 Å². The van der Waals surface area contributed by atoms with Gasteiger partial charge in [-0.1, -0.05) is 146 Å². The van der Waals surface area contributed by atoms with E-state index in [0.717, 1.165) is 115 Å². The van der Waals surface area contributed by atoms with Crippen LogP contribution in [0.15, 0.2) is 211 Å². The molecule has 0 radical (unpaired) electrons. The SMILES string of the molecule is [C-]#[N+]c1c(-n2c3ccccc3c3ccccc32)c(-n2c3ccccc3c3ccccc32)c(-n2c3ccccc3c3ccccc32)c(C#N)c1-n1c2ccccc2c2ccc3oc4ccccc4c3c21. The minimum atomic E-state index is 0.340. The van der Waals surface area contributed by atoms with Crippen LogP contribution >= 0.6 is 0 Å². The third-order valence-corrected chi connectivity index (χ3v) is 14.4. The number of nitriles is 1. The average Bonchev–Trinajstić information content (AvgIpc) is 4.21. The van der Waals surface area contributed by atoms with E-state index in [2.05, 4.69) is 200 Å². The highest BCUT2D eigenvalue weighted by molar-refractivity contribution is 6.25. The molecule has 0 aliphatic carbocycles. The summed E-state index contributed by atoms with van der Waals surface area (Å²) in [5, 5.41) is 22.7. The molecule has 5 heterocycles. The van der Waals surface area contributed by atoms with Crippen LogP contribution in [0.25, 0.3) is 137 Å². The van der Waals surface area contributed by atoms with Crippen LogP contribution in [0.3, 0.4) is 0 Å². The Balaban J connectivity index is 1.30. The Bertz CT molecular complexity index is 4510. The molecule has 0 aliphatic heterocycles. The van der Waals surface area contributed by atoms with Crippen LogP contribution in [0.2, 0.25) is 0 Å². The number of furan rings is 1. The highest BCUT2D eigenvalue weighted by Crippen LogP contribution is 2.52. The van der Waals surface area contributed by atoms with Crippen LogP contribution in [0.5, 0.6) is 0 Å². The molecule has 7 nitrogen and oxygen atoms in total. The van der Waals surface area contributed by atoms with E-state index in [9.17, 15) is 11.8 Å². The lowest BCUT2D eigenvalue weighted by Crippen LogP contribution is -2.14. The predicted octanol–water partition coefficient (Wildman–Crippen LogP) is 16.4. The van der Waals surface area contributed by atoms with Gasteiger partial charge in [-0.2, -0.15) is 5.26 Å². The molecule has 69 heavy (non-hydrogen) atoms. The van der Waals surface area contributed by atoms with Gasteiger partial charge < -0.3 is 22.7 Å². The van der Waals surface area contributed by atoms with E-state index in [4.69, 9.17) is 9.26 Å². The first-order chi connectivity index (χ1) is 34.2. The van der Waals surface area contributed by atoms with Crippen molar-refractivity contribution in [3.63, 3.8) is 0 Å². The minimum Gasteiger partial charge on any atom is -0.456 e. The maximum Gasteiger partial charge on any atom is 0.237 e. The number of hydrogen-bond donors (Lipinski definition) is 0. The van der Waals surface area contributed by atoms with Crippen molar-refractivity contribution in [2.24, 2.45) is 0 Å². The summed E-state index contributed by atoms with van der Waals surface area (Å²) < 4.78 is 15.7. The Morgan fingerprint density at radius 1 is 0.348 bits per heavy atom. The molecule has 15 aromatic rings. The van der Waals surface area contributed by atoms with Crippen molar-refractivity contribution in [3.05, 3.63) is 223 Å². The molecule has 0 saturated carbocycles. The Hall–Kier alpha value is -9.82. The van der Waals surface area contributed by atoms with E-state index in [-0.39, 0.29) is 0 Å². The lowest BCUT2D eigenvalue weighted by Gasteiger charge is -2.27. The van der Waals surface area contributed by atoms with Crippen LogP contribution in [0, 0.1) is 17.9 Å². The molecule has 0 aliphatic rings. The van der Waals surface area contributed by atoms with Crippen LogP contribution in [-0.4, -0.2) is 18.3 Å². The van der Waals surface area contributed by atoms with Crippen molar-refractivity contribution < 1.29 is 4.42 Å². The molecule has 0 amide bonds. The van der Waals surface area contributed by atoms with Crippen LogP contribution in [0.4, 0.5) is 5.69 Å². The first-order valence-corrected chi connectivity index (χ1v) is 23.0. The van der Waals surface area contributed by atoms with Gasteiger partial charge in [0.25, 0.3) is 0 Å². The molecule has 5 aromatic heterocycles. The quantitative estimate of drug-likeness (QED) is 0.165. The molecule has 0 spiro atoms. The predicted molar refractivity (Wildman–Crippen MR) is 282 cm³/mol. The summed E-state index contributed by atoms with van der Waals surface area (Å²) in [6.45, 7) is 9.71.